The van der Waals surface area contributed by atoms with Crippen molar-refractivity contribution in [3.63, 3.8) is 0 Å². The van der Waals surface area contributed by atoms with Gasteiger partial charge in [0.2, 0.25) is 0 Å². The largest absolute Gasteiger partial charge is 0.309 e. The van der Waals surface area contributed by atoms with Gasteiger partial charge in [-0.15, -0.1) is 0 Å². The lowest BCUT2D eigenvalue weighted by Gasteiger charge is -2.19. The summed E-state index contributed by atoms with van der Waals surface area (Å²) in [6.45, 7) is 0. The van der Waals surface area contributed by atoms with E-state index in [1.54, 1.807) is 0 Å². The summed E-state index contributed by atoms with van der Waals surface area (Å²) in [7, 11) is 0. The van der Waals surface area contributed by atoms with Crippen LogP contribution < -0.4 is 0 Å². The molecule has 228 valence electrons. The second-order valence-electron chi connectivity index (χ2n) is 12.9. The highest BCUT2D eigenvalue weighted by Gasteiger charge is 2.19. The third-order valence-electron chi connectivity index (χ3n) is 10.1. The molecule has 0 fully saturated rings. The molecule has 0 amide bonds. The number of hydrogen-bond acceptors (Lipinski definition) is 0. The van der Waals surface area contributed by atoms with Crippen molar-refractivity contribution >= 4 is 54.1 Å². The van der Waals surface area contributed by atoms with Crippen molar-refractivity contribution in [2.24, 2.45) is 0 Å². The molecular weight excluding hydrogens is 591 g/mol. The first kappa shape index (κ1) is 27.7. The number of para-hydroxylation sites is 2. The van der Waals surface area contributed by atoms with Crippen LogP contribution in [-0.4, -0.2) is 4.57 Å². The van der Waals surface area contributed by atoms with Gasteiger partial charge < -0.3 is 4.57 Å². The van der Waals surface area contributed by atoms with Gasteiger partial charge in [-0.2, -0.15) is 0 Å². The van der Waals surface area contributed by atoms with E-state index < -0.39 is 0 Å². The molecule has 1 aromatic heterocycles. The maximum Gasteiger partial charge on any atom is 0.0547 e. The van der Waals surface area contributed by atoms with Gasteiger partial charge in [-0.1, -0.05) is 158 Å². The van der Waals surface area contributed by atoms with E-state index in [1.165, 1.54) is 93.2 Å². The van der Waals surface area contributed by atoms with Gasteiger partial charge >= 0.3 is 0 Å². The summed E-state index contributed by atoms with van der Waals surface area (Å²) < 4.78 is 2.40. The molecule has 0 aliphatic rings. The van der Waals surface area contributed by atoms with Crippen LogP contribution in [0.25, 0.3) is 93.2 Å². The predicted molar refractivity (Wildman–Crippen MR) is 210 cm³/mol. The highest BCUT2D eigenvalue weighted by atomic mass is 15.0. The van der Waals surface area contributed by atoms with Gasteiger partial charge in [-0.3, -0.25) is 0 Å². The molecule has 1 heteroatoms. The summed E-state index contributed by atoms with van der Waals surface area (Å²) in [5, 5.41) is 10.2. The van der Waals surface area contributed by atoms with Crippen molar-refractivity contribution in [2.45, 2.75) is 0 Å². The van der Waals surface area contributed by atoms with Crippen molar-refractivity contribution in [1.29, 1.82) is 0 Å². The number of aromatic nitrogens is 1. The normalized spacial score (nSPS) is 11.7. The fourth-order valence-corrected chi connectivity index (χ4v) is 8.02. The fraction of sp³-hybridized carbons (Fsp3) is 0. The lowest BCUT2D eigenvalue weighted by molar-refractivity contribution is 1.18. The lowest BCUT2D eigenvalue weighted by atomic mass is 9.83. The van der Waals surface area contributed by atoms with Gasteiger partial charge in [0, 0.05) is 16.5 Å². The minimum Gasteiger partial charge on any atom is -0.309 e. The molecule has 0 bridgehead atoms. The monoisotopic (exact) mass is 621 g/mol. The molecule has 0 saturated carbocycles. The Hall–Kier alpha value is -6.44. The maximum absolute atomic E-state index is 2.40. The maximum atomic E-state index is 2.40. The van der Waals surface area contributed by atoms with E-state index in [1.807, 2.05) is 0 Å². The van der Waals surface area contributed by atoms with Crippen molar-refractivity contribution in [2.75, 3.05) is 0 Å². The Morgan fingerprint density at radius 2 is 0.857 bits per heavy atom. The van der Waals surface area contributed by atoms with Gasteiger partial charge in [0.1, 0.15) is 0 Å². The molecule has 0 saturated heterocycles. The Morgan fingerprint density at radius 3 is 1.67 bits per heavy atom. The van der Waals surface area contributed by atoms with Crippen LogP contribution in [0, 0.1) is 0 Å². The highest BCUT2D eigenvalue weighted by molar-refractivity contribution is 6.28. The van der Waals surface area contributed by atoms with Gasteiger partial charge in [0.05, 0.1) is 11.0 Å². The molecule has 10 aromatic rings. The molecule has 1 heterocycles. The average molecular weight is 622 g/mol. The number of nitrogens with zero attached hydrogens (tertiary/aromatic N) is 1. The van der Waals surface area contributed by atoms with E-state index in [4.69, 9.17) is 0 Å². The number of fused-ring (bicyclic) bond motifs is 7. The van der Waals surface area contributed by atoms with Gasteiger partial charge in [0.25, 0.3) is 0 Å². The van der Waals surface area contributed by atoms with Crippen molar-refractivity contribution in [1.82, 2.24) is 4.57 Å². The average Bonchev–Trinajstić information content (AvgIpc) is 3.51. The van der Waals surface area contributed by atoms with Crippen LogP contribution in [0.15, 0.2) is 188 Å². The fourth-order valence-electron chi connectivity index (χ4n) is 8.02. The molecule has 0 N–H and O–H groups in total. The Labute approximate surface area is 284 Å². The van der Waals surface area contributed by atoms with Gasteiger partial charge in [-0.25, -0.2) is 0 Å². The third kappa shape index (κ3) is 4.33. The molecular formula is C48H31N. The smallest absolute Gasteiger partial charge is 0.0547 e. The molecule has 0 unspecified atom stereocenters. The minimum absolute atomic E-state index is 1.17. The minimum atomic E-state index is 1.17. The van der Waals surface area contributed by atoms with Gasteiger partial charge in [0.15, 0.2) is 0 Å². The summed E-state index contributed by atoms with van der Waals surface area (Å²) in [5.74, 6) is 0. The van der Waals surface area contributed by atoms with Crippen LogP contribution in [0.1, 0.15) is 0 Å². The first-order valence-corrected chi connectivity index (χ1v) is 16.9. The van der Waals surface area contributed by atoms with E-state index >= 15 is 0 Å². The Morgan fingerprint density at radius 1 is 0.286 bits per heavy atom. The molecule has 0 radical (unpaired) electrons. The van der Waals surface area contributed by atoms with E-state index in [-0.39, 0.29) is 0 Å². The molecule has 9 aromatic carbocycles. The summed E-state index contributed by atoms with van der Waals surface area (Å²) in [4.78, 5) is 0. The summed E-state index contributed by atoms with van der Waals surface area (Å²) in [5.41, 5.74) is 11.0. The quantitative estimate of drug-likeness (QED) is 0.136. The Balaban J connectivity index is 1.24. The molecule has 1 nitrogen and oxygen atoms in total. The zero-order valence-electron chi connectivity index (χ0n) is 26.8. The van der Waals surface area contributed by atoms with Crippen LogP contribution >= 0.6 is 0 Å². The van der Waals surface area contributed by atoms with Crippen LogP contribution in [0.3, 0.4) is 0 Å². The molecule has 10 rings (SSSR count). The number of rotatable bonds is 4. The number of hydrogen-bond donors (Lipinski definition) is 0. The Bertz CT molecular complexity index is 2860. The van der Waals surface area contributed by atoms with Gasteiger partial charge in [-0.05, 0) is 96.0 Å². The zero-order valence-corrected chi connectivity index (χ0v) is 26.8. The van der Waals surface area contributed by atoms with E-state index in [9.17, 15) is 0 Å². The lowest BCUT2D eigenvalue weighted by Crippen LogP contribution is -1.93. The second-order valence-corrected chi connectivity index (χ2v) is 12.9. The van der Waals surface area contributed by atoms with Crippen molar-refractivity contribution in [3.05, 3.63) is 188 Å². The second kappa shape index (κ2) is 11.1. The van der Waals surface area contributed by atoms with Crippen molar-refractivity contribution in [3.8, 4) is 39.1 Å². The van der Waals surface area contributed by atoms with E-state index in [2.05, 4.69) is 193 Å². The molecule has 0 atom stereocenters. The van der Waals surface area contributed by atoms with E-state index in [0.29, 0.717) is 0 Å². The Kier molecular flexibility index (Phi) is 6.25. The summed E-state index contributed by atoms with van der Waals surface area (Å²) in [6, 6.07) is 68.7. The van der Waals surface area contributed by atoms with Crippen LogP contribution in [0.4, 0.5) is 0 Å². The molecule has 49 heavy (non-hydrogen) atoms. The topological polar surface area (TPSA) is 4.93 Å². The molecule has 0 aliphatic heterocycles. The first-order valence-electron chi connectivity index (χ1n) is 16.9. The summed E-state index contributed by atoms with van der Waals surface area (Å²) >= 11 is 0. The zero-order chi connectivity index (χ0) is 32.3. The van der Waals surface area contributed by atoms with Crippen LogP contribution in [0.5, 0.6) is 0 Å². The van der Waals surface area contributed by atoms with Crippen LogP contribution in [0.2, 0.25) is 0 Å². The standard InChI is InChI=1S/C48H31N/c1-3-15-33(16-4-1)47-42-24-10-9-23-41(42)46(43-29-26-32-14-7-8-21-38(32)48(43)47)36-18-13-17-34(30-36)35-27-28-40-39-22-11-12-25-44(39)49(45(40)31-35)37-19-5-2-6-20-37/h1-31H. The van der Waals surface area contributed by atoms with Crippen LogP contribution in [-0.2, 0) is 0 Å². The predicted octanol–water partition coefficient (Wildman–Crippen LogP) is 13.2. The number of benzene rings is 9. The highest BCUT2D eigenvalue weighted by Crippen LogP contribution is 2.46. The SMILES string of the molecule is c1ccc(-c2c3ccccc3c(-c3cccc(-c4ccc5c6ccccc6n(-c6ccccc6)c5c4)c3)c3ccc4ccccc4c23)cc1. The summed E-state index contributed by atoms with van der Waals surface area (Å²) in [6.07, 6.45) is 0. The third-order valence-corrected chi connectivity index (χ3v) is 10.1. The molecule has 0 spiro atoms. The first-order chi connectivity index (χ1) is 24.3. The van der Waals surface area contributed by atoms with E-state index in [0.717, 1.165) is 0 Å². The molecule has 0 aliphatic carbocycles. The van der Waals surface area contributed by atoms with Crippen molar-refractivity contribution < 1.29 is 0 Å².